The molecular formula is C25H33NO4. The third kappa shape index (κ3) is 7.90. The summed E-state index contributed by atoms with van der Waals surface area (Å²) < 4.78 is 10.5. The van der Waals surface area contributed by atoms with Gasteiger partial charge in [-0.05, 0) is 57.2 Å². The minimum Gasteiger partial charge on any atom is -0.466 e. The number of hydrogen-bond acceptors (Lipinski definition) is 4. The molecule has 30 heavy (non-hydrogen) atoms. The molecule has 0 aromatic heterocycles. The highest BCUT2D eigenvalue weighted by Crippen LogP contribution is 2.21. The first-order valence-corrected chi connectivity index (χ1v) is 10.5. The van der Waals surface area contributed by atoms with Crippen LogP contribution in [-0.2, 0) is 20.7 Å². The Morgan fingerprint density at radius 1 is 0.967 bits per heavy atom. The van der Waals surface area contributed by atoms with Gasteiger partial charge in [-0.15, -0.1) is 0 Å². The maximum atomic E-state index is 12.3. The summed E-state index contributed by atoms with van der Waals surface area (Å²) in [4.78, 5) is 24.4. The zero-order valence-corrected chi connectivity index (χ0v) is 18.6. The van der Waals surface area contributed by atoms with Crippen LogP contribution in [0.2, 0.25) is 0 Å². The van der Waals surface area contributed by atoms with E-state index in [0.717, 1.165) is 16.7 Å². The highest BCUT2D eigenvalue weighted by atomic mass is 16.6. The normalized spacial score (nSPS) is 13.2. The van der Waals surface area contributed by atoms with Gasteiger partial charge in [0.05, 0.1) is 12.5 Å². The summed E-state index contributed by atoms with van der Waals surface area (Å²) in [5.41, 5.74) is 2.78. The molecule has 2 unspecified atom stereocenters. The molecule has 1 N–H and O–H groups in total. The molecule has 1 amide bonds. The van der Waals surface area contributed by atoms with Crippen LogP contribution in [-0.4, -0.2) is 30.3 Å². The van der Waals surface area contributed by atoms with Gasteiger partial charge in [-0.25, -0.2) is 4.79 Å². The average Bonchev–Trinajstić information content (AvgIpc) is 2.68. The van der Waals surface area contributed by atoms with Crippen molar-refractivity contribution < 1.29 is 19.1 Å². The van der Waals surface area contributed by atoms with Gasteiger partial charge >= 0.3 is 12.1 Å². The SMILES string of the molecule is CCOC(=O)C(C)CC(Cc1ccc(-c2ccccc2)cc1)NC(=O)OC(C)(C)C. The molecule has 2 aromatic carbocycles. The van der Waals surface area contributed by atoms with E-state index in [1.807, 2.05) is 45.9 Å². The van der Waals surface area contributed by atoms with Gasteiger partial charge in [0.2, 0.25) is 0 Å². The molecule has 2 aromatic rings. The number of esters is 1. The average molecular weight is 412 g/mol. The van der Waals surface area contributed by atoms with Crippen LogP contribution in [0.1, 0.15) is 46.6 Å². The monoisotopic (exact) mass is 411 g/mol. The molecule has 5 nitrogen and oxygen atoms in total. The van der Waals surface area contributed by atoms with Crippen LogP contribution >= 0.6 is 0 Å². The maximum absolute atomic E-state index is 12.3. The number of carbonyl (C=O) groups excluding carboxylic acids is 2. The number of hydrogen-bond donors (Lipinski definition) is 1. The lowest BCUT2D eigenvalue weighted by atomic mass is 9.95. The second-order valence-electron chi connectivity index (χ2n) is 8.50. The van der Waals surface area contributed by atoms with Crippen molar-refractivity contribution in [1.29, 1.82) is 0 Å². The maximum Gasteiger partial charge on any atom is 0.407 e. The first kappa shape index (κ1) is 23.5. The Bertz CT molecular complexity index is 809. The van der Waals surface area contributed by atoms with Gasteiger partial charge < -0.3 is 14.8 Å². The molecule has 0 spiro atoms. The molecule has 0 saturated carbocycles. The van der Waals surface area contributed by atoms with E-state index in [4.69, 9.17) is 9.47 Å². The number of benzene rings is 2. The first-order valence-electron chi connectivity index (χ1n) is 10.5. The zero-order valence-electron chi connectivity index (χ0n) is 18.6. The molecule has 0 radical (unpaired) electrons. The minimum absolute atomic E-state index is 0.248. The molecule has 0 bridgehead atoms. The van der Waals surface area contributed by atoms with Crippen LogP contribution in [0.5, 0.6) is 0 Å². The van der Waals surface area contributed by atoms with E-state index in [1.165, 1.54) is 0 Å². The van der Waals surface area contributed by atoms with Gasteiger partial charge in [-0.2, -0.15) is 0 Å². The van der Waals surface area contributed by atoms with E-state index in [1.54, 1.807) is 6.92 Å². The molecule has 0 aliphatic rings. The molecule has 0 heterocycles. The van der Waals surface area contributed by atoms with Gasteiger partial charge in [0, 0.05) is 6.04 Å². The molecule has 0 fully saturated rings. The van der Waals surface area contributed by atoms with Gasteiger partial charge in [-0.1, -0.05) is 61.5 Å². The molecule has 0 saturated heterocycles. The topological polar surface area (TPSA) is 64.6 Å². The van der Waals surface area contributed by atoms with Crippen LogP contribution in [0.3, 0.4) is 0 Å². The molecule has 0 aliphatic carbocycles. The second-order valence-corrected chi connectivity index (χ2v) is 8.50. The molecule has 2 rings (SSSR count). The number of nitrogens with one attached hydrogen (secondary N) is 1. The van der Waals surface area contributed by atoms with Crippen LogP contribution in [0, 0.1) is 5.92 Å². The van der Waals surface area contributed by atoms with Crippen molar-refractivity contribution in [2.24, 2.45) is 5.92 Å². The summed E-state index contributed by atoms with van der Waals surface area (Å²) in [5.74, 6) is -0.582. The van der Waals surface area contributed by atoms with E-state index in [9.17, 15) is 9.59 Å². The zero-order chi connectivity index (χ0) is 22.1. The van der Waals surface area contributed by atoms with E-state index in [0.29, 0.717) is 19.4 Å². The standard InChI is InChI=1S/C25H33NO4/c1-6-29-23(27)18(2)16-22(26-24(28)30-25(3,4)5)17-19-12-14-21(15-13-19)20-10-8-7-9-11-20/h7-15,18,22H,6,16-17H2,1-5H3,(H,26,28). The van der Waals surface area contributed by atoms with Gasteiger partial charge in [0.25, 0.3) is 0 Å². The number of rotatable bonds is 8. The Morgan fingerprint density at radius 3 is 2.13 bits per heavy atom. The van der Waals surface area contributed by atoms with Crippen molar-refractivity contribution in [3.05, 3.63) is 60.2 Å². The Morgan fingerprint density at radius 2 is 1.57 bits per heavy atom. The quantitative estimate of drug-likeness (QED) is 0.593. The van der Waals surface area contributed by atoms with Crippen LogP contribution < -0.4 is 5.32 Å². The summed E-state index contributed by atoms with van der Waals surface area (Å²) in [6, 6.07) is 18.2. The lowest BCUT2D eigenvalue weighted by molar-refractivity contribution is -0.147. The number of alkyl carbamates (subject to hydrolysis) is 1. The Kier molecular flexibility index (Phi) is 8.46. The summed E-state index contributed by atoms with van der Waals surface area (Å²) in [5, 5.41) is 2.93. The van der Waals surface area contributed by atoms with Crippen LogP contribution in [0.15, 0.2) is 54.6 Å². The highest BCUT2D eigenvalue weighted by molar-refractivity contribution is 5.72. The van der Waals surface area contributed by atoms with E-state index < -0.39 is 11.7 Å². The number of ether oxygens (including phenoxy) is 2. The molecular weight excluding hydrogens is 378 g/mol. The van der Waals surface area contributed by atoms with Gasteiger partial charge in [0.1, 0.15) is 5.60 Å². The third-order valence-corrected chi connectivity index (χ3v) is 4.59. The summed E-state index contributed by atoms with van der Waals surface area (Å²) in [7, 11) is 0. The highest BCUT2D eigenvalue weighted by Gasteiger charge is 2.24. The summed E-state index contributed by atoms with van der Waals surface area (Å²) in [6.07, 6.45) is 0.584. The fourth-order valence-corrected chi connectivity index (χ4v) is 3.22. The van der Waals surface area contributed by atoms with Crippen molar-refractivity contribution in [1.82, 2.24) is 5.32 Å². The summed E-state index contributed by atoms with van der Waals surface area (Å²) >= 11 is 0. The van der Waals surface area contributed by atoms with Crippen molar-refractivity contribution in [2.75, 3.05) is 6.61 Å². The van der Waals surface area contributed by atoms with E-state index in [2.05, 4.69) is 41.7 Å². The number of carbonyl (C=O) groups is 2. The van der Waals surface area contributed by atoms with Crippen molar-refractivity contribution in [2.45, 2.75) is 59.1 Å². The predicted molar refractivity (Wildman–Crippen MR) is 119 cm³/mol. The largest absolute Gasteiger partial charge is 0.466 e. The minimum atomic E-state index is -0.585. The molecule has 162 valence electrons. The first-order chi connectivity index (χ1) is 14.2. The fraction of sp³-hybridized carbons (Fsp3) is 0.440. The Labute approximate surface area is 179 Å². The third-order valence-electron chi connectivity index (χ3n) is 4.59. The Balaban J connectivity index is 2.10. The predicted octanol–water partition coefficient (Wildman–Crippen LogP) is 5.38. The van der Waals surface area contributed by atoms with Gasteiger partial charge in [-0.3, -0.25) is 4.79 Å². The second kappa shape index (κ2) is 10.8. The molecule has 2 atom stereocenters. The lowest BCUT2D eigenvalue weighted by Crippen LogP contribution is -2.41. The fourth-order valence-electron chi connectivity index (χ4n) is 3.22. The van der Waals surface area contributed by atoms with Gasteiger partial charge in [0.15, 0.2) is 0 Å². The van der Waals surface area contributed by atoms with E-state index in [-0.39, 0.29) is 17.9 Å². The van der Waals surface area contributed by atoms with Crippen molar-refractivity contribution in [3.63, 3.8) is 0 Å². The lowest BCUT2D eigenvalue weighted by Gasteiger charge is -2.25. The summed E-state index contributed by atoms with van der Waals surface area (Å²) in [6.45, 7) is 9.42. The Hall–Kier alpha value is -2.82. The molecule has 5 heteroatoms. The smallest absolute Gasteiger partial charge is 0.407 e. The number of amides is 1. The molecule has 0 aliphatic heterocycles. The van der Waals surface area contributed by atoms with Crippen LogP contribution in [0.4, 0.5) is 4.79 Å². The van der Waals surface area contributed by atoms with Crippen molar-refractivity contribution >= 4 is 12.1 Å². The van der Waals surface area contributed by atoms with Crippen LogP contribution in [0.25, 0.3) is 11.1 Å². The van der Waals surface area contributed by atoms with Crippen molar-refractivity contribution in [3.8, 4) is 11.1 Å². The van der Waals surface area contributed by atoms with E-state index >= 15 is 0 Å².